The maximum atomic E-state index is 2.50. The van der Waals surface area contributed by atoms with Crippen molar-refractivity contribution in [1.29, 1.82) is 0 Å². The van der Waals surface area contributed by atoms with Gasteiger partial charge in [0.2, 0.25) is 0 Å². The molecular weight excluding hydrogens is 661 g/mol. The van der Waals surface area contributed by atoms with Crippen molar-refractivity contribution in [2.24, 2.45) is 0 Å². The van der Waals surface area contributed by atoms with Gasteiger partial charge < -0.3 is 0 Å². The van der Waals surface area contributed by atoms with E-state index in [0.29, 0.717) is 0 Å². The topological polar surface area (TPSA) is 0 Å². The molecule has 12 rings (SSSR count). The zero-order chi connectivity index (χ0) is 34.2. The highest BCUT2D eigenvalue weighted by molar-refractivity contribution is 7.26. The van der Waals surface area contributed by atoms with Crippen molar-refractivity contribution < 1.29 is 0 Å². The van der Waals surface area contributed by atoms with Gasteiger partial charge in [0.05, 0.1) is 0 Å². The second kappa shape index (κ2) is 11.6. The van der Waals surface area contributed by atoms with E-state index in [2.05, 4.69) is 194 Å². The predicted molar refractivity (Wildman–Crippen MR) is 223 cm³/mol. The Bertz CT molecular complexity index is 2700. The molecule has 52 heavy (non-hydrogen) atoms. The molecule has 2 atom stereocenters. The molecule has 0 nitrogen and oxygen atoms in total. The lowest BCUT2D eigenvalue weighted by molar-refractivity contribution is 0.760. The molecule has 1 aromatic heterocycles. The number of benzene rings is 8. The summed E-state index contributed by atoms with van der Waals surface area (Å²) in [5.41, 5.74) is 11.5. The van der Waals surface area contributed by atoms with E-state index in [0.717, 1.165) is 0 Å². The smallest absolute Gasteiger partial charge is 0.135 e. The average Bonchev–Trinajstić information content (AvgIpc) is 3.61. The molecule has 3 aliphatic carbocycles. The van der Waals surface area contributed by atoms with Gasteiger partial charge in [-0.2, -0.15) is 0 Å². The van der Waals surface area contributed by atoms with E-state index < -0.39 is 8.07 Å². The number of hydrogen-bond donors (Lipinski definition) is 0. The van der Waals surface area contributed by atoms with E-state index in [4.69, 9.17) is 0 Å². The molecular formula is C50H34SSi. The van der Waals surface area contributed by atoms with Crippen LogP contribution in [-0.4, -0.2) is 8.07 Å². The number of hydrogen-bond acceptors (Lipinski definition) is 1. The normalized spacial score (nSPS) is 15.7. The monoisotopic (exact) mass is 694 g/mol. The van der Waals surface area contributed by atoms with Gasteiger partial charge in [-0.15, -0.1) is 11.3 Å². The van der Waals surface area contributed by atoms with Crippen molar-refractivity contribution in [1.82, 2.24) is 0 Å². The molecule has 2 bridgehead atoms. The molecule has 244 valence electrons. The summed E-state index contributed by atoms with van der Waals surface area (Å²) in [4.78, 5) is 0. The van der Waals surface area contributed by atoms with E-state index in [9.17, 15) is 0 Å². The first-order valence-electron chi connectivity index (χ1n) is 18.3. The van der Waals surface area contributed by atoms with Crippen LogP contribution in [-0.2, 0) is 0 Å². The van der Waals surface area contributed by atoms with Gasteiger partial charge in [0, 0.05) is 32.0 Å². The molecule has 1 heterocycles. The molecule has 0 spiro atoms. The Labute approximate surface area is 309 Å². The standard InChI is InChI=1S/C50H34SSi/c1-4-17-33(18-5-1)52(34-19-6-2-7-20-34,35-21-8-3-9-22-35)45-32-16-29-42-46-36-23-10-11-24-39(36)50(49(42)45)48-38(26-14-28-41(46)48)37-27-15-31-44-47(37)40-25-12-13-30-43(40)51-44/h1-32,46,50H. The first-order chi connectivity index (χ1) is 25.8. The van der Waals surface area contributed by atoms with Crippen molar-refractivity contribution in [2.75, 3.05) is 0 Å². The predicted octanol–water partition coefficient (Wildman–Crippen LogP) is 10.1. The van der Waals surface area contributed by atoms with Gasteiger partial charge in [-0.3, -0.25) is 0 Å². The Hall–Kier alpha value is -5.80. The van der Waals surface area contributed by atoms with E-state index in [-0.39, 0.29) is 11.8 Å². The zero-order valence-corrected chi connectivity index (χ0v) is 30.4. The van der Waals surface area contributed by atoms with Crippen molar-refractivity contribution >= 4 is 60.3 Å². The van der Waals surface area contributed by atoms with Crippen LogP contribution in [0, 0.1) is 0 Å². The molecule has 0 saturated heterocycles. The lowest BCUT2D eigenvalue weighted by atomic mass is 9.60. The second-order valence-corrected chi connectivity index (χ2v) is 19.1. The van der Waals surface area contributed by atoms with Crippen LogP contribution in [0.5, 0.6) is 0 Å². The molecule has 0 N–H and O–H groups in total. The Kier molecular flexibility index (Phi) is 6.67. The van der Waals surface area contributed by atoms with Gasteiger partial charge in [-0.25, -0.2) is 0 Å². The third kappa shape index (κ3) is 4.08. The Morgan fingerprint density at radius 1 is 0.346 bits per heavy atom. The molecule has 0 saturated carbocycles. The van der Waals surface area contributed by atoms with Crippen molar-refractivity contribution in [3.05, 3.63) is 228 Å². The minimum absolute atomic E-state index is 0.0989. The minimum Gasteiger partial charge on any atom is -0.135 e. The van der Waals surface area contributed by atoms with Gasteiger partial charge in [-0.1, -0.05) is 182 Å². The molecule has 2 heteroatoms. The first-order valence-corrected chi connectivity index (χ1v) is 21.1. The van der Waals surface area contributed by atoms with Gasteiger partial charge in [0.25, 0.3) is 0 Å². The van der Waals surface area contributed by atoms with Crippen molar-refractivity contribution in [3.63, 3.8) is 0 Å². The summed E-state index contributed by atoms with van der Waals surface area (Å²) < 4.78 is 2.70. The van der Waals surface area contributed by atoms with E-state index in [1.54, 1.807) is 0 Å². The fraction of sp³-hybridized carbons (Fsp3) is 0.0400. The molecule has 0 radical (unpaired) electrons. The van der Waals surface area contributed by atoms with Crippen LogP contribution in [0.4, 0.5) is 0 Å². The highest BCUT2D eigenvalue weighted by atomic mass is 32.1. The van der Waals surface area contributed by atoms with Crippen LogP contribution >= 0.6 is 11.3 Å². The van der Waals surface area contributed by atoms with Crippen LogP contribution in [0.25, 0.3) is 31.3 Å². The summed E-state index contributed by atoms with van der Waals surface area (Å²) in [5, 5.41) is 8.47. The number of thiophene rings is 1. The summed E-state index contributed by atoms with van der Waals surface area (Å²) in [6.45, 7) is 0. The molecule has 9 aromatic rings. The number of fused-ring (bicyclic) bond motifs is 3. The number of rotatable bonds is 5. The summed E-state index contributed by atoms with van der Waals surface area (Å²) >= 11 is 1.90. The van der Waals surface area contributed by atoms with Crippen LogP contribution in [0.1, 0.15) is 45.2 Å². The summed E-state index contributed by atoms with van der Waals surface area (Å²) in [5.74, 6) is 0.264. The van der Waals surface area contributed by atoms with E-state index in [1.807, 2.05) is 11.3 Å². The second-order valence-electron chi connectivity index (χ2n) is 14.2. The average molecular weight is 695 g/mol. The SMILES string of the molecule is c1ccc([Si](c2ccccc2)(c2ccccc2)c2cccc3c2C2c4ccccc4C3c3cccc(-c4cccc5sc6ccccc6c45)c32)cc1. The summed E-state index contributed by atoms with van der Waals surface area (Å²) in [6, 6.07) is 73.8. The first kappa shape index (κ1) is 29.9. The lowest BCUT2D eigenvalue weighted by Crippen LogP contribution is -2.75. The molecule has 0 amide bonds. The van der Waals surface area contributed by atoms with Crippen molar-refractivity contribution in [2.45, 2.75) is 11.8 Å². The lowest BCUT2D eigenvalue weighted by Gasteiger charge is -2.47. The fourth-order valence-electron chi connectivity index (χ4n) is 9.90. The van der Waals surface area contributed by atoms with E-state index >= 15 is 0 Å². The Morgan fingerprint density at radius 3 is 1.50 bits per heavy atom. The third-order valence-corrected chi connectivity index (χ3v) is 17.8. The molecule has 0 aliphatic heterocycles. The van der Waals surface area contributed by atoms with E-state index in [1.165, 1.54) is 85.4 Å². The van der Waals surface area contributed by atoms with Crippen LogP contribution in [0.15, 0.2) is 194 Å². The van der Waals surface area contributed by atoms with Gasteiger partial charge >= 0.3 is 0 Å². The molecule has 8 aromatic carbocycles. The molecule has 2 unspecified atom stereocenters. The minimum atomic E-state index is -2.82. The maximum Gasteiger partial charge on any atom is 0.179 e. The summed E-state index contributed by atoms with van der Waals surface area (Å²) in [6.07, 6.45) is 0. The van der Waals surface area contributed by atoms with Crippen LogP contribution in [0.2, 0.25) is 0 Å². The van der Waals surface area contributed by atoms with Crippen LogP contribution in [0.3, 0.4) is 0 Å². The molecule has 3 aliphatic rings. The maximum absolute atomic E-state index is 2.82. The van der Waals surface area contributed by atoms with Gasteiger partial charge in [0.15, 0.2) is 8.07 Å². The van der Waals surface area contributed by atoms with Crippen LogP contribution < -0.4 is 20.7 Å². The van der Waals surface area contributed by atoms with Crippen molar-refractivity contribution in [3.8, 4) is 11.1 Å². The van der Waals surface area contributed by atoms with Gasteiger partial charge in [0.1, 0.15) is 0 Å². The highest BCUT2D eigenvalue weighted by Crippen LogP contribution is 2.58. The van der Waals surface area contributed by atoms with Gasteiger partial charge in [-0.05, 0) is 77.4 Å². The fourth-order valence-corrected chi connectivity index (χ4v) is 16.1. The molecule has 0 fully saturated rings. The Morgan fingerprint density at radius 2 is 0.827 bits per heavy atom. The Balaban J connectivity index is 1.27. The highest BCUT2D eigenvalue weighted by Gasteiger charge is 2.49. The largest absolute Gasteiger partial charge is 0.179 e. The third-order valence-electron chi connectivity index (χ3n) is 11.8. The zero-order valence-electron chi connectivity index (χ0n) is 28.5. The summed E-state index contributed by atoms with van der Waals surface area (Å²) in [7, 11) is -2.82. The quantitative estimate of drug-likeness (QED) is 0.124.